The maximum absolute atomic E-state index is 13.1. The maximum Gasteiger partial charge on any atom is 0.405 e. The van der Waals surface area contributed by atoms with Gasteiger partial charge in [0, 0.05) is 23.6 Å². The van der Waals surface area contributed by atoms with Gasteiger partial charge in [0.1, 0.15) is 23.0 Å². The van der Waals surface area contributed by atoms with Crippen molar-refractivity contribution in [2.24, 2.45) is 0 Å². The highest BCUT2D eigenvalue weighted by atomic mass is 16.4. The summed E-state index contributed by atoms with van der Waals surface area (Å²) in [5.74, 6) is 0.0201. The van der Waals surface area contributed by atoms with Crippen molar-refractivity contribution < 1.29 is 19.8 Å². The Kier molecular flexibility index (Phi) is 5.70. The van der Waals surface area contributed by atoms with Crippen molar-refractivity contribution in [3.63, 3.8) is 0 Å². The van der Waals surface area contributed by atoms with Crippen molar-refractivity contribution in [2.75, 3.05) is 6.61 Å². The van der Waals surface area contributed by atoms with Gasteiger partial charge in [0.05, 0.1) is 32.3 Å². The number of hydrogen-bond donors (Lipinski definition) is 3. The van der Waals surface area contributed by atoms with E-state index >= 15 is 0 Å². The van der Waals surface area contributed by atoms with Gasteiger partial charge in [-0.2, -0.15) is 0 Å². The molecule has 1 aromatic heterocycles. The molecule has 30 heavy (non-hydrogen) atoms. The maximum atomic E-state index is 13.1. The van der Waals surface area contributed by atoms with Gasteiger partial charge in [-0.1, -0.05) is 5.21 Å². The minimum absolute atomic E-state index is 0.0201. The summed E-state index contributed by atoms with van der Waals surface area (Å²) in [4.78, 5) is 24.6. The molecule has 0 fully saturated rings. The largest absolute Gasteiger partial charge is 0.465 e. The van der Waals surface area contributed by atoms with Crippen LogP contribution in [0.25, 0.3) is 11.3 Å². The molecule has 1 aliphatic heterocycles. The Morgan fingerprint density at radius 2 is 2.03 bits per heavy atom. The lowest BCUT2D eigenvalue weighted by atomic mass is 9.82. The summed E-state index contributed by atoms with van der Waals surface area (Å²) < 4.78 is 1.69. The molecule has 3 rings (SSSR count). The second-order valence-electron chi connectivity index (χ2n) is 8.86. The zero-order valence-corrected chi connectivity index (χ0v) is 18.1. The zero-order valence-electron chi connectivity index (χ0n) is 18.1. The Morgan fingerprint density at radius 3 is 2.60 bits per heavy atom. The monoisotopic (exact) mass is 416 g/mol. The molecule has 0 bridgehead atoms. The number of nitrogens with zero attached hydrogens (tertiary/aromatic N) is 4. The van der Waals surface area contributed by atoms with Crippen LogP contribution >= 0.6 is 0 Å². The van der Waals surface area contributed by atoms with E-state index in [2.05, 4.69) is 15.6 Å². The molecular formula is C21H30N5O4+. The Labute approximate surface area is 175 Å². The highest BCUT2D eigenvalue weighted by molar-refractivity contribution is 5.90. The van der Waals surface area contributed by atoms with E-state index in [9.17, 15) is 14.7 Å². The number of hydrogen-bond acceptors (Lipinski definition) is 5. The van der Waals surface area contributed by atoms with E-state index in [-0.39, 0.29) is 23.0 Å². The molecule has 0 saturated carbocycles. The minimum Gasteiger partial charge on any atom is -0.465 e. The van der Waals surface area contributed by atoms with Gasteiger partial charge >= 0.3 is 12.0 Å². The average molecular weight is 417 g/mol. The van der Waals surface area contributed by atoms with E-state index < -0.39 is 17.7 Å². The van der Waals surface area contributed by atoms with Crippen LogP contribution in [0, 0.1) is 0 Å². The second kappa shape index (κ2) is 7.81. The number of rotatable bonds is 4. The van der Waals surface area contributed by atoms with Crippen molar-refractivity contribution in [3.8, 4) is 11.3 Å². The number of fused-ring (bicyclic) bond motifs is 1. The number of carboxylic acid groups (broad SMARTS) is 1. The Hall–Kier alpha value is -2.78. The number of quaternary nitrogens is 1. The molecule has 9 heteroatoms. The molecule has 0 spiro atoms. The zero-order chi connectivity index (χ0) is 22.3. The first-order chi connectivity index (χ1) is 14.0. The smallest absolute Gasteiger partial charge is 0.405 e. The highest BCUT2D eigenvalue weighted by Crippen LogP contribution is 2.48. The van der Waals surface area contributed by atoms with E-state index in [1.807, 2.05) is 45.9 Å². The molecule has 2 amide bonds. The van der Waals surface area contributed by atoms with Gasteiger partial charge in [0.15, 0.2) is 0 Å². The quantitative estimate of drug-likeness (QED) is 0.660. The summed E-state index contributed by atoms with van der Waals surface area (Å²) in [5.41, 5.74) is 2.56. The predicted octanol–water partition coefficient (Wildman–Crippen LogP) is 2.69. The third-order valence-electron chi connectivity index (χ3n) is 6.04. The number of amides is 2. The average Bonchev–Trinajstić information content (AvgIpc) is 3.08. The first kappa shape index (κ1) is 21.9. The summed E-state index contributed by atoms with van der Waals surface area (Å²) in [6, 6.07) is 5.16. The SMILES string of the molecule is CC(=O)[N+]1(C(C)(C)C)c2ccc(-c3cn(CCO)nn3)cc2[C@H](NC(=O)O)C[C@@H]1C. The molecule has 3 atom stereocenters. The summed E-state index contributed by atoms with van der Waals surface area (Å²) in [6.07, 6.45) is 1.13. The van der Waals surface area contributed by atoms with Crippen LogP contribution in [0.15, 0.2) is 24.4 Å². The summed E-state index contributed by atoms with van der Waals surface area (Å²) in [7, 11) is 0. The molecule has 0 radical (unpaired) electrons. The molecule has 9 nitrogen and oxygen atoms in total. The lowest BCUT2D eigenvalue weighted by Crippen LogP contribution is -2.71. The third-order valence-corrected chi connectivity index (χ3v) is 6.04. The van der Waals surface area contributed by atoms with Gasteiger partial charge in [-0.25, -0.2) is 18.8 Å². The fourth-order valence-electron chi connectivity index (χ4n) is 5.08. The number of benzene rings is 1. The standard InChI is InChI=1S/C21H29N5O4/c1-13-10-17(22-20(29)30)16-11-15(18-12-25(8-9-27)24-23-18)6-7-19(16)26(13,14(2)28)21(3,4)5/h6-7,11-13,17,22,27H,8-10H2,1-5H3/p+1/t13-,17+,26?/m0/s1. The number of aliphatic hydroxyl groups is 1. The topological polar surface area (TPSA) is 117 Å². The molecular weight excluding hydrogens is 386 g/mol. The number of aromatic nitrogens is 3. The van der Waals surface area contributed by atoms with E-state index in [1.165, 1.54) is 0 Å². The summed E-state index contributed by atoms with van der Waals surface area (Å²) >= 11 is 0. The number of nitrogens with one attached hydrogen (secondary N) is 1. The van der Waals surface area contributed by atoms with Gasteiger partial charge in [0.25, 0.3) is 0 Å². The summed E-state index contributed by atoms with van der Waals surface area (Å²) in [5, 5.41) is 29.3. The Balaban J connectivity index is 2.21. The molecule has 3 N–H and O–H groups in total. The molecule has 1 aliphatic rings. The first-order valence-electron chi connectivity index (χ1n) is 10.1. The van der Waals surface area contributed by atoms with Crippen LogP contribution in [0.5, 0.6) is 0 Å². The number of carbonyl (C=O) groups is 2. The van der Waals surface area contributed by atoms with Crippen LogP contribution in [-0.2, 0) is 11.3 Å². The van der Waals surface area contributed by atoms with Crippen molar-refractivity contribution in [1.29, 1.82) is 0 Å². The van der Waals surface area contributed by atoms with Gasteiger partial charge in [-0.15, -0.1) is 5.10 Å². The highest BCUT2D eigenvalue weighted by Gasteiger charge is 2.56. The third kappa shape index (κ3) is 3.48. The van der Waals surface area contributed by atoms with Crippen LogP contribution in [0.4, 0.5) is 10.5 Å². The minimum atomic E-state index is -1.10. The van der Waals surface area contributed by atoms with Gasteiger partial charge in [-0.05, 0) is 39.8 Å². The van der Waals surface area contributed by atoms with Crippen LogP contribution < -0.4 is 9.80 Å². The Morgan fingerprint density at radius 1 is 1.33 bits per heavy atom. The fraction of sp³-hybridized carbons (Fsp3) is 0.524. The van der Waals surface area contributed by atoms with Crippen molar-refractivity contribution in [1.82, 2.24) is 24.8 Å². The second-order valence-corrected chi connectivity index (χ2v) is 8.86. The molecule has 1 unspecified atom stereocenters. The van der Waals surface area contributed by atoms with Crippen LogP contribution in [0.2, 0.25) is 0 Å². The molecule has 2 heterocycles. The number of carbonyl (C=O) groups excluding carboxylic acids is 1. The van der Waals surface area contributed by atoms with Crippen molar-refractivity contribution in [2.45, 2.75) is 65.2 Å². The van der Waals surface area contributed by atoms with Gasteiger partial charge in [-0.3, -0.25) is 0 Å². The number of aliphatic hydroxyl groups excluding tert-OH is 1. The van der Waals surface area contributed by atoms with Crippen LogP contribution in [0.1, 0.15) is 52.6 Å². The normalized spacial score (nSPS) is 23.7. The fourth-order valence-corrected chi connectivity index (χ4v) is 5.08. The molecule has 0 saturated heterocycles. The molecule has 0 aliphatic carbocycles. The van der Waals surface area contributed by atoms with Crippen LogP contribution in [0.3, 0.4) is 0 Å². The van der Waals surface area contributed by atoms with E-state index in [0.717, 1.165) is 16.8 Å². The van der Waals surface area contributed by atoms with Gasteiger partial charge < -0.3 is 15.5 Å². The van der Waals surface area contributed by atoms with Crippen LogP contribution in [-0.4, -0.2) is 55.4 Å². The summed E-state index contributed by atoms with van der Waals surface area (Å²) in [6.45, 7) is 10.0. The van der Waals surface area contributed by atoms with Crippen molar-refractivity contribution >= 4 is 17.7 Å². The van der Waals surface area contributed by atoms with Crippen molar-refractivity contribution in [3.05, 3.63) is 30.0 Å². The predicted molar refractivity (Wildman–Crippen MR) is 113 cm³/mol. The van der Waals surface area contributed by atoms with E-state index in [1.54, 1.807) is 17.8 Å². The van der Waals surface area contributed by atoms with E-state index in [4.69, 9.17) is 5.11 Å². The van der Waals surface area contributed by atoms with Gasteiger partial charge in [0.2, 0.25) is 0 Å². The lowest BCUT2D eigenvalue weighted by molar-refractivity contribution is -0.136. The van der Waals surface area contributed by atoms with E-state index in [0.29, 0.717) is 18.7 Å². The molecule has 162 valence electrons. The lowest BCUT2D eigenvalue weighted by Gasteiger charge is -2.53. The molecule has 2 aromatic rings. The first-order valence-corrected chi connectivity index (χ1v) is 10.1. The Bertz CT molecular complexity index is 965. The molecule has 1 aromatic carbocycles.